The van der Waals surface area contributed by atoms with E-state index in [1.54, 1.807) is 28.8 Å². The maximum Gasteiger partial charge on any atom is 0.286 e. The monoisotopic (exact) mass is 416 g/mol. The summed E-state index contributed by atoms with van der Waals surface area (Å²) in [6.07, 6.45) is 3.16. The Hall–Kier alpha value is -4.20. The van der Waals surface area contributed by atoms with E-state index < -0.39 is 4.92 Å². The summed E-state index contributed by atoms with van der Waals surface area (Å²) in [5.74, 6) is 0.317. The lowest BCUT2D eigenvalue weighted by Crippen LogP contribution is -2.20. The Balaban J connectivity index is 1.40. The largest absolute Gasteiger partial charge is 0.484 e. The molecule has 2 aromatic heterocycles. The van der Waals surface area contributed by atoms with Crippen molar-refractivity contribution < 1.29 is 14.5 Å². The maximum atomic E-state index is 12.2. The Morgan fingerprint density at radius 1 is 1.10 bits per heavy atom. The first kappa shape index (κ1) is 20.1. The van der Waals surface area contributed by atoms with Crippen LogP contribution in [0.4, 0.5) is 11.4 Å². The molecule has 4 aromatic rings. The number of carbonyl (C=O) groups is 1. The summed E-state index contributed by atoms with van der Waals surface area (Å²) in [7, 11) is 0. The average Bonchev–Trinajstić information content (AvgIpc) is 3.18. The molecule has 31 heavy (non-hydrogen) atoms. The van der Waals surface area contributed by atoms with E-state index in [-0.39, 0.29) is 18.2 Å². The lowest BCUT2D eigenvalue weighted by atomic mass is 10.1. The van der Waals surface area contributed by atoms with Gasteiger partial charge in [0.15, 0.2) is 6.61 Å². The standard InChI is InChI=1S/C23H20N4O4/c1-15-3-9-20(16(2)11-15)25-23(28)14-31-19-7-4-17(5-8-19)21-13-26-12-18(27(29)30)6-10-22(26)24-21/h3-13H,14H2,1-2H3,(H,25,28). The van der Waals surface area contributed by atoms with Crippen molar-refractivity contribution in [3.8, 4) is 17.0 Å². The van der Waals surface area contributed by atoms with E-state index >= 15 is 0 Å². The van der Waals surface area contributed by atoms with Crippen LogP contribution in [-0.2, 0) is 4.79 Å². The van der Waals surface area contributed by atoms with Gasteiger partial charge in [0.1, 0.15) is 11.4 Å². The summed E-state index contributed by atoms with van der Waals surface area (Å²) >= 11 is 0. The Kier molecular flexibility index (Phi) is 5.36. The van der Waals surface area contributed by atoms with E-state index in [4.69, 9.17) is 4.74 Å². The second-order valence-electron chi connectivity index (χ2n) is 7.22. The van der Waals surface area contributed by atoms with Gasteiger partial charge in [-0.1, -0.05) is 17.7 Å². The molecule has 0 radical (unpaired) electrons. The topological polar surface area (TPSA) is 98.8 Å². The van der Waals surface area contributed by atoms with Crippen molar-refractivity contribution >= 4 is 22.9 Å². The van der Waals surface area contributed by atoms with Crippen LogP contribution in [0, 0.1) is 24.0 Å². The maximum absolute atomic E-state index is 12.2. The molecule has 0 aliphatic heterocycles. The minimum absolute atomic E-state index is 0.000643. The van der Waals surface area contributed by atoms with Crippen molar-refractivity contribution in [1.29, 1.82) is 0 Å². The number of amides is 1. The molecule has 156 valence electrons. The number of nitrogens with one attached hydrogen (secondary N) is 1. The highest BCUT2D eigenvalue weighted by Gasteiger charge is 2.10. The molecule has 0 unspecified atom stereocenters. The van der Waals surface area contributed by atoms with Crippen LogP contribution < -0.4 is 10.1 Å². The SMILES string of the molecule is Cc1ccc(NC(=O)COc2ccc(-c3cn4cc([N+](=O)[O-])ccc4n3)cc2)c(C)c1. The van der Waals surface area contributed by atoms with E-state index in [0.29, 0.717) is 17.1 Å². The number of ether oxygens (including phenoxy) is 1. The van der Waals surface area contributed by atoms with Crippen molar-refractivity contribution in [2.75, 3.05) is 11.9 Å². The number of aryl methyl sites for hydroxylation is 2. The van der Waals surface area contributed by atoms with Gasteiger partial charge in [0, 0.05) is 23.5 Å². The highest BCUT2D eigenvalue weighted by Crippen LogP contribution is 2.24. The van der Waals surface area contributed by atoms with Gasteiger partial charge in [-0.25, -0.2) is 4.98 Å². The number of hydrogen-bond acceptors (Lipinski definition) is 5. The number of benzene rings is 2. The molecule has 2 aromatic carbocycles. The van der Waals surface area contributed by atoms with Gasteiger partial charge in [0.25, 0.3) is 11.6 Å². The Morgan fingerprint density at radius 3 is 2.58 bits per heavy atom. The fourth-order valence-electron chi connectivity index (χ4n) is 3.24. The molecule has 0 saturated heterocycles. The van der Waals surface area contributed by atoms with E-state index in [0.717, 1.165) is 22.4 Å². The van der Waals surface area contributed by atoms with Gasteiger partial charge in [0.2, 0.25) is 0 Å². The number of aromatic nitrogens is 2. The molecule has 0 bridgehead atoms. The fourth-order valence-corrected chi connectivity index (χ4v) is 3.24. The van der Waals surface area contributed by atoms with Crippen LogP contribution in [-0.4, -0.2) is 26.8 Å². The first-order valence-electron chi connectivity index (χ1n) is 9.62. The van der Waals surface area contributed by atoms with Gasteiger partial charge < -0.3 is 10.1 Å². The van der Waals surface area contributed by atoms with Crippen LogP contribution in [0.15, 0.2) is 67.0 Å². The molecule has 0 saturated carbocycles. The number of anilines is 1. The second-order valence-corrected chi connectivity index (χ2v) is 7.22. The number of rotatable bonds is 6. The molecule has 2 heterocycles. The predicted octanol–water partition coefficient (Wildman–Crippen LogP) is 4.54. The molecule has 0 fully saturated rings. The Morgan fingerprint density at radius 2 is 1.87 bits per heavy atom. The highest BCUT2D eigenvalue weighted by molar-refractivity contribution is 5.92. The van der Waals surface area contributed by atoms with E-state index in [2.05, 4.69) is 10.3 Å². The van der Waals surface area contributed by atoms with Crippen molar-refractivity contribution in [2.24, 2.45) is 0 Å². The van der Waals surface area contributed by atoms with Crippen LogP contribution in [0.25, 0.3) is 16.9 Å². The van der Waals surface area contributed by atoms with Gasteiger partial charge >= 0.3 is 0 Å². The van der Waals surface area contributed by atoms with E-state index in [1.807, 2.05) is 44.2 Å². The summed E-state index contributed by atoms with van der Waals surface area (Å²) in [5, 5.41) is 13.8. The summed E-state index contributed by atoms with van der Waals surface area (Å²) in [6.45, 7) is 3.84. The zero-order valence-electron chi connectivity index (χ0n) is 17.0. The average molecular weight is 416 g/mol. The summed E-state index contributed by atoms with van der Waals surface area (Å²) in [4.78, 5) is 27.2. The van der Waals surface area contributed by atoms with Crippen LogP contribution in [0.2, 0.25) is 0 Å². The van der Waals surface area contributed by atoms with Crippen molar-refractivity contribution in [2.45, 2.75) is 13.8 Å². The van der Waals surface area contributed by atoms with E-state index in [9.17, 15) is 14.9 Å². The number of nitrogens with zero attached hydrogens (tertiary/aromatic N) is 3. The zero-order valence-corrected chi connectivity index (χ0v) is 17.0. The van der Waals surface area contributed by atoms with Crippen molar-refractivity contribution in [3.63, 3.8) is 0 Å². The van der Waals surface area contributed by atoms with E-state index in [1.165, 1.54) is 12.3 Å². The van der Waals surface area contributed by atoms with Gasteiger partial charge in [0.05, 0.1) is 16.8 Å². The number of hydrogen-bond donors (Lipinski definition) is 1. The third-order valence-corrected chi connectivity index (χ3v) is 4.82. The first-order valence-corrected chi connectivity index (χ1v) is 9.62. The first-order chi connectivity index (χ1) is 14.9. The van der Waals surface area contributed by atoms with Crippen LogP contribution in [0.3, 0.4) is 0 Å². The predicted molar refractivity (Wildman–Crippen MR) is 117 cm³/mol. The molecule has 1 N–H and O–H groups in total. The molecule has 0 spiro atoms. The second kappa shape index (κ2) is 8.27. The molecular weight excluding hydrogens is 396 g/mol. The van der Waals surface area contributed by atoms with Crippen LogP contribution >= 0.6 is 0 Å². The number of carbonyl (C=O) groups excluding carboxylic acids is 1. The normalized spacial score (nSPS) is 10.8. The molecule has 8 heteroatoms. The summed E-state index contributed by atoms with van der Waals surface area (Å²) in [6, 6.07) is 16.0. The lowest BCUT2D eigenvalue weighted by molar-refractivity contribution is -0.385. The number of fused-ring (bicyclic) bond motifs is 1. The van der Waals surface area contributed by atoms with Gasteiger partial charge in [-0.2, -0.15) is 0 Å². The Labute approximate surface area is 178 Å². The minimum Gasteiger partial charge on any atom is -0.484 e. The molecule has 8 nitrogen and oxygen atoms in total. The van der Waals surface area contributed by atoms with Crippen molar-refractivity contribution in [1.82, 2.24) is 9.38 Å². The molecular formula is C23H20N4O4. The van der Waals surface area contributed by atoms with Gasteiger partial charge in [-0.15, -0.1) is 0 Å². The number of imidazole rings is 1. The van der Waals surface area contributed by atoms with Gasteiger partial charge in [-0.05, 0) is 55.8 Å². The zero-order chi connectivity index (χ0) is 22.0. The minimum atomic E-state index is -0.443. The molecule has 0 aliphatic carbocycles. The summed E-state index contributed by atoms with van der Waals surface area (Å²) in [5.41, 5.74) is 5.02. The highest BCUT2D eigenvalue weighted by atomic mass is 16.6. The third-order valence-electron chi connectivity index (χ3n) is 4.82. The molecule has 0 atom stereocenters. The lowest BCUT2D eigenvalue weighted by Gasteiger charge is -2.10. The number of pyridine rings is 1. The fraction of sp³-hybridized carbons (Fsp3) is 0.130. The van der Waals surface area contributed by atoms with Crippen molar-refractivity contribution in [3.05, 3.63) is 88.2 Å². The third kappa shape index (κ3) is 4.53. The smallest absolute Gasteiger partial charge is 0.286 e. The van der Waals surface area contributed by atoms with Crippen LogP contribution in [0.5, 0.6) is 5.75 Å². The quantitative estimate of drug-likeness (QED) is 0.367. The molecule has 0 aliphatic rings. The molecule has 1 amide bonds. The van der Waals surface area contributed by atoms with Gasteiger partial charge in [-0.3, -0.25) is 19.3 Å². The van der Waals surface area contributed by atoms with Crippen LogP contribution in [0.1, 0.15) is 11.1 Å². The Bertz CT molecular complexity index is 1280. The number of nitro groups is 1. The molecule has 4 rings (SSSR count). The summed E-state index contributed by atoms with van der Waals surface area (Å²) < 4.78 is 7.20.